The van der Waals surface area contributed by atoms with Gasteiger partial charge in [0.05, 0.1) is 12.6 Å². The molecule has 0 spiro atoms. The molecular formula is C13H15NO2. The highest BCUT2D eigenvalue weighted by Gasteiger charge is 2.08. The van der Waals surface area contributed by atoms with E-state index in [9.17, 15) is 4.79 Å². The van der Waals surface area contributed by atoms with Crippen LogP contribution in [-0.4, -0.2) is 18.0 Å². The molecule has 0 unspecified atom stereocenters. The second kappa shape index (κ2) is 4.39. The molecule has 0 fully saturated rings. The number of benzene rings is 1. The lowest BCUT2D eigenvalue weighted by Crippen LogP contribution is -1.91. The van der Waals surface area contributed by atoms with E-state index in [1.54, 1.807) is 7.11 Å². The maximum Gasteiger partial charge on any atom is 0.124 e. The van der Waals surface area contributed by atoms with E-state index in [4.69, 9.17) is 4.74 Å². The first-order chi connectivity index (χ1) is 7.80. The molecule has 1 heterocycles. The number of ether oxygens (including phenoxy) is 1. The second-order valence-corrected chi connectivity index (χ2v) is 3.69. The summed E-state index contributed by atoms with van der Waals surface area (Å²) in [5, 5.41) is 1.13. The van der Waals surface area contributed by atoms with E-state index in [1.165, 1.54) is 0 Å². The molecule has 3 heteroatoms. The van der Waals surface area contributed by atoms with E-state index in [0.29, 0.717) is 6.42 Å². The van der Waals surface area contributed by atoms with Crippen LogP contribution >= 0.6 is 0 Å². The molecule has 0 aliphatic heterocycles. The lowest BCUT2D eigenvalue weighted by atomic mass is 10.1. The normalized spacial score (nSPS) is 10.6. The smallest absolute Gasteiger partial charge is 0.124 e. The first-order valence-corrected chi connectivity index (χ1v) is 5.39. The van der Waals surface area contributed by atoms with E-state index >= 15 is 0 Å². The molecule has 1 aromatic heterocycles. The quantitative estimate of drug-likeness (QED) is 0.736. The van der Waals surface area contributed by atoms with Crippen molar-refractivity contribution < 1.29 is 9.53 Å². The van der Waals surface area contributed by atoms with Gasteiger partial charge >= 0.3 is 0 Å². The molecule has 0 radical (unpaired) electrons. The number of aromatic nitrogens is 1. The van der Waals surface area contributed by atoms with Crippen LogP contribution < -0.4 is 4.74 Å². The predicted octanol–water partition coefficient (Wildman–Crippen LogP) is 2.41. The summed E-state index contributed by atoms with van der Waals surface area (Å²) in [4.78, 5) is 10.6. The standard InChI is InChI=1S/C13H15NO2/c1-3-14-9-10(6-7-15)12-5-4-11(16-2)8-13(12)14/h4-5,7-9H,3,6H2,1-2H3. The monoisotopic (exact) mass is 217 g/mol. The van der Waals surface area contributed by atoms with Gasteiger partial charge in [0.25, 0.3) is 0 Å². The molecule has 0 saturated carbocycles. The summed E-state index contributed by atoms with van der Waals surface area (Å²) in [6.07, 6.45) is 3.45. The average molecular weight is 217 g/mol. The Morgan fingerprint density at radius 3 is 2.88 bits per heavy atom. The third-order valence-corrected chi connectivity index (χ3v) is 2.82. The average Bonchev–Trinajstić information content (AvgIpc) is 2.67. The summed E-state index contributed by atoms with van der Waals surface area (Å²) in [6, 6.07) is 5.95. The SMILES string of the molecule is CCn1cc(CC=O)c2ccc(OC)cc21. The van der Waals surface area contributed by atoms with Crippen molar-refractivity contribution in [3.63, 3.8) is 0 Å². The number of hydrogen-bond donors (Lipinski definition) is 0. The van der Waals surface area contributed by atoms with Crippen LogP contribution in [0.3, 0.4) is 0 Å². The highest BCUT2D eigenvalue weighted by Crippen LogP contribution is 2.25. The molecule has 0 N–H and O–H groups in total. The number of aryl methyl sites for hydroxylation is 1. The molecule has 1 aromatic carbocycles. The molecule has 0 aliphatic carbocycles. The minimum Gasteiger partial charge on any atom is -0.497 e. The van der Waals surface area contributed by atoms with Crippen LogP contribution in [0.2, 0.25) is 0 Å². The molecule has 16 heavy (non-hydrogen) atoms. The molecule has 0 saturated heterocycles. The Hall–Kier alpha value is -1.77. The number of aldehydes is 1. The van der Waals surface area contributed by atoms with E-state index in [1.807, 2.05) is 24.4 Å². The summed E-state index contributed by atoms with van der Waals surface area (Å²) in [6.45, 7) is 2.98. The minimum absolute atomic E-state index is 0.468. The zero-order valence-electron chi connectivity index (χ0n) is 9.56. The number of methoxy groups -OCH3 is 1. The maximum absolute atomic E-state index is 10.6. The third-order valence-electron chi connectivity index (χ3n) is 2.82. The van der Waals surface area contributed by atoms with Crippen LogP contribution in [0, 0.1) is 0 Å². The van der Waals surface area contributed by atoms with Crippen LogP contribution in [-0.2, 0) is 17.8 Å². The van der Waals surface area contributed by atoms with E-state index in [-0.39, 0.29) is 0 Å². The Kier molecular flexibility index (Phi) is 2.95. The van der Waals surface area contributed by atoms with Crippen molar-refractivity contribution in [2.45, 2.75) is 19.9 Å². The van der Waals surface area contributed by atoms with Gasteiger partial charge in [-0.05, 0) is 24.6 Å². The van der Waals surface area contributed by atoms with Gasteiger partial charge < -0.3 is 14.1 Å². The lowest BCUT2D eigenvalue weighted by Gasteiger charge is -2.03. The maximum atomic E-state index is 10.6. The molecule has 0 bridgehead atoms. The van der Waals surface area contributed by atoms with Gasteiger partial charge in [0.2, 0.25) is 0 Å². The van der Waals surface area contributed by atoms with Gasteiger partial charge in [-0.3, -0.25) is 0 Å². The Morgan fingerprint density at radius 1 is 1.44 bits per heavy atom. The van der Waals surface area contributed by atoms with Crippen LogP contribution in [0.1, 0.15) is 12.5 Å². The second-order valence-electron chi connectivity index (χ2n) is 3.69. The number of nitrogens with zero attached hydrogens (tertiary/aromatic N) is 1. The number of carbonyl (C=O) groups is 1. The van der Waals surface area contributed by atoms with Crippen molar-refractivity contribution in [2.24, 2.45) is 0 Å². The van der Waals surface area contributed by atoms with Gasteiger partial charge in [0, 0.05) is 30.6 Å². The summed E-state index contributed by atoms with van der Waals surface area (Å²) in [5.41, 5.74) is 2.20. The fourth-order valence-corrected chi connectivity index (χ4v) is 1.99. The van der Waals surface area contributed by atoms with Crippen molar-refractivity contribution in [2.75, 3.05) is 7.11 Å². The van der Waals surface area contributed by atoms with Gasteiger partial charge in [0.1, 0.15) is 12.0 Å². The number of rotatable bonds is 4. The van der Waals surface area contributed by atoms with Gasteiger partial charge in [-0.2, -0.15) is 0 Å². The highest BCUT2D eigenvalue weighted by molar-refractivity contribution is 5.87. The van der Waals surface area contributed by atoms with Crippen LogP contribution in [0.25, 0.3) is 10.9 Å². The van der Waals surface area contributed by atoms with Crippen molar-refractivity contribution >= 4 is 17.2 Å². The van der Waals surface area contributed by atoms with Crippen molar-refractivity contribution in [3.8, 4) is 5.75 Å². The Morgan fingerprint density at radius 2 is 2.25 bits per heavy atom. The first-order valence-electron chi connectivity index (χ1n) is 5.39. The first kappa shape index (κ1) is 10.7. The molecule has 2 rings (SSSR count). The Labute approximate surface area is 94.6 Å². The van der Waals surface area contributed by atoms with Crippen LogP contribution in [0.4, 0.5) is 0 Å². The van der Waals surface area contributed by atoms with Gasteiger partial charge in [-0.1, -0.05) is 0 Å². The number of fused-ring (bicyclic) bond motifs is 1. The van der Waals surface area contributed by atoms with Crippen LogP contribution in [0.5, 0.6) is 5.75 Å². The molecule has 2 aromatic rings. The van der Waals surface area contributed by atoms with Crippen molar-refractivity contribution in [1.82, 2.24) is 4.57 Å². The molecule has 0 atom stereocenters. The van der Waals surface area contributed by atoms with E-state index in [2.05, 4.69) is 11.5 Å². The molecular weight excluding hydrogens is 202 g/mol. The minimum atomic E-state index is 0.468. The molecule has 0 aliphatic rings. The summed E-state index contributed by atoms with van der Waals surface area (Å²) in [5.74, 6) is 0.845. The lowest BCUT2D eigenvalue weighted by molar-refractivity contribution is -0.107. The highest BCUT2D eigenvalue weighted by atomic mass is 16.5. The number of carbonyl (C=O) groups excluding carboxylic acids is 1. The summed E-state index contributed by atoms with van der Waals surface area (Å²) < 4.78 is 7.34. The number of hydrogen-bond acceptors (Lipinski definition) is 2. The third kappa shape index (κ3) is 1.69. The van der Waals surface area contributed by atoms with E-state index in [0.717, 1.165) is 35.0 Å². The largest absolute Gasteiger partial charge is 0.497 e. The van der Waals surface area contributed by atoms with Gasteiger partial charge in [-0.15, -0.1) is 0 Å². The van der Waals surface area contributed by atoms with Crippen molar-refractivity contribution in [1.29, 1.82) is 0 Å². The van der Waals surface area contributed by atoms with Crippen molar-refractivity contribution in [3.05, 3.63) is 30.0 Å². The topological polar surface area (TPSA) is 31.2 Å². The van der Waals surface area contributed by atoms with Crippen LogP contribution in [0.15, 0.2) is 24.4 Å². The summed E-state index contributed by atoms with van der Waals surface area (Å²) in [7, 11) is 1.66. The zero-order chi connectivity index (χ0) is 11.5. The fraction of sp³-hybridized carbons (Fsp3) is 0.308. The Bertz CT molecular complexity index is 514. The summed E-state index contributed by atoms with van der Waals surface area (Å²) >= 11 is 0. The Balaban J connectivity index is 2.64. The van der Waals surface area contributed by atoms with Gasteiger partial charge in [-0.25, -0.2) is 0 Å². The fourth-order valence-electron chi connectivity index (χ4n) is 1.99. The molecule has 84 valence electrons. The zero-order valence-corrected chi connectivity index (χ0v) is 9.56. The molecule has 3 nitrogen and oxygen atoms in total. The predicted molar refractivity (Wildman–Crippen MR) is 63.9 cm³/mol. The van der Waals surface area contributed by atoms with Gasteiger partial charge in [0.15, 0.2) is 0 Å². The van der Waals surface area contributed by atoms with E-state index < -0.39 is 0 Å². The molecule has 0 amide bonds.